The second-order valence-electron chi connectivity index (χ2n) is 5.58. The van der Waals surface area contributed by atoms with Crippen LogP contribution in [0.5, 0.6) is 11.5 Å². The van der Waals surface area contributed by atoms with Gasteiger partial charge in [-0.2, -0.15) is 0 Å². The Kier molecular flexibility index (Phi) is 4.86. The maximum absolute atomic E-state index is 12.3. The van der Waals surface area contributed by atoms with Crippen LogP contribution < -0.4 is 9.47 Å². The van der Waals surface area contributed by atoms with Crippen LogP contribution >= 0.6 is 15.9 Å². The molecule has 1 heterocycles. The van der Waals surface area contributed by atoms with Crippen LogP contribution in [0.1, 0.15) is 5.56 Å². The highest BCUT2D eigenvalue weighted by atomic mass is 79.9. The molecule has 0 saturated carbocycles. The van der Waals surface area contributed by atoms with Crippen LogP contribution in [0.2, 0.25) is 0 Å². The highest BCUT2D eigenvalue weighted by molar-refractivity contribution is 9.10. The summed E-state index contributed by atoms with van der Waals surface area (Å²) in [5.74, 6) is 1.56. The summed E-state index contributed by atoms with van der Waals surface area (Å²) in [6, 6.07) is 15.4. The molecule has 0 fully saturated rings. The molecule has 1 atom stereocenters. The van der Waals surface area contributed by atoms with E-state index in [2.05, 4.69) is 15.9 Å². The second-order valence-corrected chi connectivity index (χ2v) is 6.49. The molecule has 120 valence electrons. The molecule has 2 aromatic carbocycles. The first-order valence-electron chi connectivity index (χ1n) is 7.49. The highest BCUT2D eigenvalue weighted by Gasteiger charge is 2.23. The number of amides is 1. The minimum Gasteiger partial charge on any atom is -0.486 e. The lowest BCUT2D eigenvalue weighted by atomic mass is 10.1. The van der Waals surface area contributed by atoms with Gasteiger partial charge >= 0.3 is 0 Å². The number of fused-ring (bicyclic) bond motifs is 1. The first-order chi connectivity index (χ1) is 11.1. The number of para-hydroxylation sites is 2. The van der Waals surface area contributed by atoms with E-state index in [-0.39, 0.29) is 12.0 Å². The summed E-state index contributed by atoms with van der Waals surface area (Å²) in [5.41, 5.74) is 0.996. The van der Waals surface area contributed by atoms with Gasteiger partial charge in [-0.3, -0.25) is 4.79 Å². The molecular formula is C18H18BrNO3. The van der Waals surface area contributed by atoms with Crippen molar-refractivity contribution in [2.45, 2.75) is 12.5 Å². The van der Waals surface area contributed by atoms with Crippen LogP contribution in [0.3, 0.4) is 0 Å². The van der Waals surface area contributed by atoms with Gasteiger partial charge in [-0.25, -0.2) is 0 Å². The number of hydrogen-bond acceptors (Lipinski definition) is 3. The van der Waals surface area contributed by atoms with E-state index in [0.717, 1.165) is 21.5 Å². The Labute approximate surface area is 144 Å². The van der Waals surface area contributed by atoms with Crippen LogP contribution in [-0.4, -0.2) is 37.1 Å². The zero-order valence-electron chi connectivity index (χ0n) is 12.9. The molecule has 5 heteroatoms. The van der Waals surface area contributed by atoms with E-state index in [9.17, 15) is 4.79 Å². The molecule has 2 aromatic rings. The van der Waals surface area contributed by atoms with Crippen molar-refractivity contribution in [3.63, 3.8) is 0 Å². The summed E-state index contributed by atoms with van der Waals surface area (Å²) >= 11 is 3.39. The van der Waals surface area contributed by atoms with Crippen LogP contribution in [-0.2, 0) is 11.2 Å². The Bertz CT molecular complexity index is 687. The van der Waals surface area contributed by atoms with Crippen LogP contribution in [0, 0.1) is 0 Å². The topological polar surface area (TPSA) is 38.8 Å². The molecule has 0 radical (unpaired) electrons. The minimum absolute atomic E-state index is 0.0646. The molecule has 0 bridgehead atoms. The number of hydrogen-bond donors (Lipinski definition) is 0. The third-order valence-corrected chi connectivity index (χ3v) is 4.27. The van der Waals surface area contributed by atoms with Gasteiger partial charge in [0, 0.05) is 11.5 Å². The van der Waals surface area contributed by atoms with E-state index in [4.69, 9.17) is 9.47 Å². The Hall–Kier alpha value is -2.01. The molecule has 1 unspecified atom stereocenters. The van der Waals surface area contributed by atoms with Gasteiger partial charge in [-0.05, 0) is 29.8 Å². The molecule has 0 aliphatic carbocycles. The Balaban J connectivity index is 1.56. The zero-order chi connectivity index (χ0) is 16.2. The number of benzene rings is 2. The predicted octanol–water partition coefficient (Wildman–Crippen LogP) is 3.29. The van der Waals surface area contributed by atoms with Crippen molar-refractivity contribution in [1.82, 2.24) is 4.90 Å². The standard InChI is InChI=1S/C18H18BrNO3/c1-20(18(21)10-13-6-8-14(19)9-7-13)11-15-12-22-16-4-2-3-5-17(16)23-15/h2-9,15H,10-12H2,1H3. The number of ether oxygens (including phenoxy) is 2. The van der Waals surface area contributed by atoms with Gasteiger partial charge < -0.3 is 14.4 Å². The molecule has 0 saturated heterocycles. The molecular weight excluding hydrogens is 358 g/mol. The van der Waals surface area contributed by atoms with Gasteiger partial charge in [0.2, 0.25) is 5.91 Å². The minimum atomic E-state index is -0.149. The average Bonchev–Trinajstić information content (AvgIpc) is 2.56. The molecule has 0 spiro atoms. The van der Waals surface area contributed by atoms with Gasteiger partial charge in [0.15, 0.2) is 17.6 Å². The molecule has 3 rings (SSSR count). The van der Waals surface area contributed by atoms with Gasteiger partial charge in [0.05, 0.1) is 13.0 Å². The molecule has 1 aliphatic rings. The van der Waals surface area contributed by atoms with E-state index >= 15 is 0 Å². The smallest absolute Gasteiger partial charge is 0.226 e. The second kappa shape index (κ2) is 7.04. The number of nitrogens with zero attached hydrogens (tertiary/aromatic N) is 1. The van der Waals surface area contributed by atoms with E-state index < -0.39 is 0 Å². The molecule has 23 heavy (non-hydrogen) atoms. The van der Waals surface area contributed by atoms with Crippen molar-refractivity contribution in [1.29, 1.82) is 0 Å². The van der Waals surface area contributed by atoms with E-state index in [0.29, 0.717) is 19.6 Å². The lowest BCUT2D eigenvalue weighted by molar-refractivity contribution is -0.130. The molecule has 1 aliphatic heterocycles. The van der Waals surface area contributed by atoms with Crippen LogP contribution in [0.4, 0.5) is 0 Å². The van der Waals surface area contributed by atoms with Crippen molar-refractivity contribution < 1.29 is 14.3 Å². The fourth-order valence-electron chi connectivity index (χ4n) is 2.47. The highest BCUT2D eigenvalue weighted by Crippen LogP contribution is 2.30. The number of rotatable bonds is 4. The number of carbonyl (C=O) groups is 1. The normalized spacial score (nSPS) is 16.0. The largest absolute Gasteiger partial charge is 0.486 e. The average molecular weight is 376 g/mol. The van der Waals surface area contributed by atoms with E-state index in [1.807, 2.05) is 48.5 Å². The van der Waals surface area contributed by atoms with E-state index in [1.54, 1.807) is 11.9 Å². The van der Waals surface area contributed by atoms with Crippen molar-refractivity contribution in [2.75, 3.05) is 20.2 Å². The first-order valence-corrected chi connectivity index (χ1v) is 8.28. The number of carbonyl (C=O) groups excluding carboxylic acids is 1. The summed E-state index contributed by atoms with van der Waals surface area (Å²) < 4.78 is 12.6. The fraction of sp³-hybridized carbons (Fsp3) is 0.278. The predicted molar refractivity (Wildman–Crippen MR) is 91.8 cm³/mol. The van der Waals surface area contributed by atoms with Crippen molar-refractivity contribution in [2.24, 2.45) is 0 Å². The zero-order valence-corrected chi connectivity index (χ0v) is 14.5. The van der Waals surface area contributed by atoms with Gasteiger partial charge in [-0.1, -0.05) is 40.2 Å². The van der Waals surface area contributed by atoms with Crippen LogP contribution in [0.25, 0.3) is 0 Å². The van der Waals surface area contributed by atoms with Crippen molar-refractivity contribution in [3.05, 3.63) is 58.6 Å². The summed E-state index contributed by atoms with van der Waals surface area (Å²) in [6.45, 7) is 0.955. The lowest BCUT2D eigenvalue weighted by Crippen LogP contribution is -2.42. The van der Waals surface area contributed by atoms with Crippen LogP contribution in [0.15, 0.2) is 53.0 Å². The number of halogens is 1. The van der Waals surface area contributed by atoms with Gasteiger partial charge in [0.25, 0.3) is 0 Å². The first kappa shape index (κ1) is 15.9. The summed E-state index contributed by atoms with van der Waals surface area (Å²) in [5, 5.41) is 0. The van der Waals surface area contributed by atoms with Gasteiger partial charge in [0.1, 0.15) is 6.61 Å². The summed E-state index contributed by atoms with van der Waals surface area (Å²) in [6.07, 6.45) is 0.234. The molecule has 1 amide bonds. The summed E-state index contributed by atoms with van der Waals surface area (Å²) in [4.78, 5) is 14.0. The molecule has 4 nitrogen and oxygen atoms in total. The quantitative estimate of drug-likeness (QED) is 0.822. The Morgan fingerprint density at radius 1 is 1.17 bits per heavy atom. The molecule has 0 aromatic heterocycles. The summed E-state index contributed by atoms with van der Waals surface area (Å²) in [7, 11) is 1.80. The lowest BCUT2D eigenvalue weighted by Gasteiger charge is -2.29. The SMILES string of the molecule is CN(CC1COc2ccccc2O1)C(=O)Cc1ccc(Br)cc1. The maximum atomic E-state index is 12.3. The number of likely N-dealkylation sites (N-methyl/N-ethyl adjacent to an activating group) is 1. The fourth-order valence-corrected chi connectivity index (χ4v) is 2.74. The maximum Gasteiger partial charge on any atom is 0.226 e. The third-order valence-electron chi connectivity index (χ3n) is 3.74. The Morgan fingerprint density at radius 2 is 1.87 bits per heavy atom. The Morgan fingerprint density at radius 3 is 2.61 bits per heavy atom. The monoisotopic (exact) mass is 375 g/mol. The molecule has 0 N–H and O–H groups in total. The van der Waals surface area contributed by atoms with Gasteiger partial charge in [-0.15, -0.1) is 0 Å². The third kappa shape index (κ3) is 4.05. The van der Waals surface area contributed by atoms with E-state index in [1.165, 1.54) is 0 Å². The van der Waals surface area contributed by atoms with Crippen molar-refractivity contribution >= 4 is 21.8 Å². The van der Waals surface area contributed by atoms with Crippen molar-refractivity contribution in [3.8, 4) is 11.5 Å².